The zero-order valence-corrected chi connectivity index (χ0v) is 16.7. The van der Waals surface area contributed by atoms with Gasteiger partial charge in [-0.3, -0.25) is 10.1 Å². The van der Waals surface area contributed by atoms with Crippen molar-refractivity contribution < 1.29 is 9.53 Å². The third-order valence-corrected chi connectivity index (χ3v) is 4.50. The molecule has 9 nitrogen and oxygen atoms in total. The van der Waals surface area contributed by atoms with Crippen molar-refractivity contribution in [2.45, 2.75) is 51.6 Å². The maximum atomic E-state index is 12.4. The molecule has 0 bridgehead atoms. The normalized spacial score (nSPS) is 18.5. The van der Waals surface area contributed by atoms with Gasteiger partial charge in [0, 0.05) is 23.7 Å². The Morgan fingerprint density at radius 1 is 1.24 bits per heavy atom. The fourth-order valence-corrected chi connectivity index (χ4v) is 3.14. The molecule has 1 aliphatic carbocycles. The summed E-state index contributed by atoms with van der Waals surface area (Å²) in [5, 5.41) is 2.62. The minimum absolute atomic E-state index is 0.0522. The Balaban J connectivity index is 1.59. The minimum atomic E-state index is -0.615. The number of aromatic amines is 1. The van der Waals surface area contributed by atoms with E-state index in [1.165, 1.54) is 6.20 Å². The number of pyridine rings is 1. The van der Waals surface area contributed by atoms with E-state index in [4.69, 9.17) is 4.74 Å². The molecule has 3 aromatic rings. The quantitative estimate of drug-likeness (QED) is 0.700. The Labute approximate surface area is 167 Å². The highest BCUT2D eigenvalue weighted by Crippen LogP contribution is 2.52. The first-order valence-electron chi connectivity index (χ1n) is 9.39. The van der Waals surface area contributed by atoms with Gasteiger partial charge in [-0.1, -0.05) is 0 Å². The van der Waals surface area contributed by atoms with E-state index < -0.39 is 11.7 Å². The third-order valence-electron chi connectivity index (χ3n) is 4.50. The Bertz CT molecular complexity index is 1150. The molecule has 4 rings (SSSR count). The summed E-state index contributed by atoms with van der Waals surface area (Å²) in [5.41, 5.74) is 1.01. The van der Waals surface area contributed by atoms with Crippen LogP contribution in [0, 0.1) is 6.92 Å². The van der Waals surface area contributed by atoms with E-state index >= 15 is 0 Å². The molecule has 0 saturated heterocycles. The summed E-state index contributed by atoms with van der Waals surface area (Å²) in [5.74, 6) is 1.52. The van der Waals surface area contributed by atoms with Crippen LogP contribution < -0.4 is 10.9 Å². The van der Waals surface area contributed by atoms with E-state index in [1.807, 2.05) is 13.0 Å². The zero-order valence-electron chi connectivity index (χ0n) is 16.7. The van der Waals surface area contributed by atoms with E-state index in [1.54, 1.807) is 33.0 Å². The monoisotopic (exact) mass is 394 g/mol. The number of nitrogens with zero attached hydrogens (tertiary/aromatic N) is 4. The molecule has 0 aromatic carbocycles. The van der Waals surface area contributed by atoms with Crippen LogP contribution in [0.25, 0.3) is 11.0 Å². The van der Waals surface area contributed by atoms with E-state index in [0.717, 1.165) is 17.9 Å². The second-order valence-electron chi connectivity index (χ2n) is 8.17. The van der Waals surface area contributed by atoms with Gasteiger partial charge in [0.15, 0.2) is 5.52 Å². The largest absolute Gasteiger partial charge is 0.444 e. The van der Waals surface area contributed by atoms with Gasteiger partial charge in [0.25, 0.3) is 5.56 Å². The van der Waals surface area contributed by atoms with E-state index in [0.29, 0.717) is 17.0 Å². The van der Waals surface area contributed by atoms with Crippen LogP contribution >= 0.6 is 0 Å². The molecule has 0 aliphatic heterocycles. The number of ether oxygens (including phenoxy) is 1. The summed E-state index contributed by atoms with van der Waals surface area (Å²) in [6.45, 7) is 7.26. The standard InChI is InChI=1S/C20H22N6O3/c1-10-5-6-21-16(23-10)12-8-13(12)17-25-14-7-11(9-22-15(14)18(27)26-17)24-19(28)29-20(2,3)4/h5-7,9,12-13H,8H2,1-4H3,(H,24,28)(H,25,26,27)/t12-,13-/m0/s1. The molecule has 3 aromatic heterocycles. The van der Waals surface area contributed by atoms with Crippen molar-refractivity contribution in [1.82, 2.24) is 24.9 Å². The van der Waals surface area contributed by atoms with Crippen LogP contribution in [0.15, 0.2) is 29.3 Å². The summed E-state index contributed by atoms with van der Waals surface area (Å²) in [6, 6.07) is 3.47. The van der Waals surface area contributed by atoms with Crippen LogP contribution in [0.5, 0.6) is 0 Å². The summed E-state index contributed by atoms with van der Waals surface area (Å²) < 4.78 is 5.24. The molecule has 1 saturated carbocycles. The average molecular weight is 394 g/mol. The van der Waals surface area contributed by atoms with Crippen LogP contribution in [0.3, 0.4) is 0 Å². The molecule has 9 heteroatoms. The van der Waals surface area contributed by atoms with Gasteiger partial charge in [0.2, 0.25) is 0 Å². The van der Waals surface area contributed by atoms with Gasteiger partial charge in [0.1, 0.15) is 17.2 Å². The van der Waals surface area contributed by atoms with Gasteiger partial charge >= 0.3 is 6.09 Å². The summed E-state index contributed by atoms with van der Waals surface area (Å²) >= 11 is 0. The first-order valence-corrected chi connectivity index (χ1v) is 9.39. The first-order chi connectivity index (χ1) is 13.7. The minimum Gasteiger partial charge on any atom is -0.444 e. The fraction of sp³-hybridized carbons (Fsp3) is 0.400. The second-order valence-corrected chi connectivity index (χ2v) is 8.17. The number of aromatic nitrogens is 5. The highest BCUT2D eigenvalue weighted by Gasteiger charge is 2.43. The van der Waals surface area contributed by atoms with Crippen LogP contribution in [-0.4, -0.2) is 36.6 Å². The average Bonchev–Trinajstić information content (AvgIpc) is 3.40. The van der Waals surface area contributed by atoms with Gasteiger partial charge in [-0.25, -0.2) is 24.7 Å². The molecular weight excluding hydrogens is 372 g/mol. The number of carbonyl (C=O) groups excluding carboxylic acids is 1. The van der Waals surface area contributed by atoms with Gasteiger partial charge in [-0.15, -0.1) is 0 Å². The lowest BCUT2D eigenvalue weighted by Crippen LogP contribution is -2.27. The molecule has 1 fully saturated rings. The Kier molecular flexibility index (Phi) is 4.52. The van der Waals surface area contributed by atoms with Crippen molar-refractivity contribution in [2.24, 2.45) is 0 Å². The van der Waals surface area contributed by atoms with E-state index in [-0.39, 0.29) is 22.9 Å². The number of hydrogen-bond acceptors (Lipinski definition) is 7. The zero-order chi connectivity index (χ0) is 20.8. The topological polar surface area (TPSA) is 123 Å². The van der Waals surface area contributed by atoms with Crippen molar-refractivity contribution in [2.75, 3.05) is 5.32 Å². The Hall–Kier alpha value is -3.36. The van der Waals surface area contributed by atoms with Crippen LogP contribution in [-0.2, 0) is 4.74 Å². The highest BCUT2D eigenvalue weighted by atomic mass is 16.6. The van der Waals surface area contributed by atoms with Crippen molar-refractivity contribution >= 4 is 22.8 Å². The maximum absolute atomic E-state index is 12.4. The molecule has 0 spiro atoms. The predicted octanol–water partition coefficient (Wildman–Crippen LogP) is 3.03. The van der Waals surface area contributed by atoms with Crippen LogP contribution in [0.2, 0.25) is 0 Å². The van der Waals surface area contributed by atoms with Gasteiger partial charge in [-0.2, -0.15) is 0 Å². The molecule has 1 aliphatic rings. The number of hydrogen-bond donors (Lipinski definition) is 2. The number of carbonyl (C=O) groups is 1. The smallest absolute Gasteiger partial charge is 0.412 e. The van der Waals surface area contributed by atoms with Crippen molar-refractivity contribution in [1.29, 1.82) is 0 Å². The number of nitrogens with one attached hydrogen (secondary N) is 2. The van der Waals surface area contributed by atoms with Crippen molar-refractivity contribution in [3.05, 3.63) is 52.2 Å². The number of fused-ring (bicyclic) bond motifs is 1. The van der Waals surface area contributed by atoms with Gasteiger partial charge in [-0.05, 0) is 46.2 Å². The molecule has 0 radical (unpaired) electrons. The van der Waals surface area contributed by atoms with Crippen molar-refractivity contribution in [3.63, 3.8) is 0 Å². The van der Waals surface area contributed by atoms with Crippen LogP contribution in [0.4, 0.5) is 10.5 Å². The SMILES string of the molecule is Cc1ccnc([C@H]2C[C@@H]2c2nc3cc(NC(=O)OC(C)(C)C)cnc3c(=O)[nH]2)n1. The molecule has 150 valence electrons. The highest BCUT2D eigenvalue weighted by molar-refractivity contribution is 5.87. The third kappa shape index (κ3) is 4.23. The molecule has 2 N–H and O–H groups in total. The summed E-state index contributed by atoms with van der Waals surface area (Å²) in [7, 11) is 0. The van der Waals surface area contributed by atoms with Gasteiger partial charge in [0.05, 0.1) is 17.4 Å². The van der Waals surface area contributed by atoms with E-state index in [9.17, 15) is 9.59 Å². The van der Waals surface area contributed by atoms with E-state index in [2.05, 4.69) is 30.2 Å². The molecule has 0 unspecified atom stereocenters. The summed E-state index contributed by atoms with van der Waals surface area (Å²) in [4.78, 5) is 44.8. The molecular formula is C20H22N6O3. The lowest BCUT2D eigenvalue weighted by atomic mass is 10.2. The fourth-order valence-electron chi connectivity index (χ4n) is 3.14. The molecule has 1 amide bonds. The molecule has 3 heterocycles. The number of rotatable bonds is 3. The maximum Gasteiger partial charge on any atom is 0.412 e. The number of amides is 1. The lowest BCUT2D eigenvalue weighted by molar-refractivity contribution is 0.0636. The predicted molar refractivity (Wildman–Crippen MR) is 107 cm³/mol. The molecule has 2 atom stereocenters. The summed E-state index contributed by atoms with van der Waals surface area (Å²) in [6.07, 6.45) is 3.37. The Morgan fingerprint density at radius 3 is 2.76 bits per heavy atom. The number of H-pyrrole nitrogens is 1. The van der Waals surface area contributed by atoms with Crippen LogP contribution in [0.1, 0.15) is 56.4 Å². The molecule has 29 heavy (non-hydrogen) atoms. The first kappa shape index (κ1) is 19.0. The van der Waals surface area contributed by atoms with Crippen molar-refractivity contribution in [3.8, 4) is 0 Å². The number of anilines is 1. The Morgan fingerprint density at radius 2 is 2.03 bits per heavy atom. The number of aryl methyl sites for hydroxylation is 1. The lowest BCUT2D eigenvalue weighted by Gasteiger charge is -2.19. The second kappa shape index (κ2) is 6.91. The van der Waals surface area contributed by atoms with Gasteiger partial charge < -0.3 is 9.72 Å².